The lowest BCUT2D eigenvalue weighted by molar-refractivity contribution is 0.0742. The Morgan fingerprint density at radius 3 is 2.62 bits per heavy atom. The number of pyridine rings is 1. The zero-order valence-corrected chi connectivity index (χ0v) is 18.2. The number of fused-ring (bicyclic) bond motifs is 1. The minimum absolute atomic E-state index is 0.0558. The van der Waals surface area contributed by atoms with Gasteiger partial charge in [-0.25, -0.2) is 8.78 Å². The van der Waals surface area contributed by atoms with E-state index in [4.69, 9.17) is 9.47 Å². The van der Waals surface area contributed by atoms with Gasteiger partial charge in [0.15, 0.2) is 0 Å². The van der Waals surface area contributed by atoms with Gasteiger partial charge in [-0.2, -0.15) is 5.10 Å². The summed E-state index contributed by atoms with van der Waals surface area (Å²) in [5.41, 5.74) is 2.23. The van der Waals surface area contributed by atoms with Crippen LogP contribution in [0.1, 0.15) is 15.9 Å². The summed E-state index contributed by atoms with van der Waals surface area (Å²) in [6.45, 7) is 0.594. The summed E-state index contributed by atoms with van der Waals surface area (Å²) in [6.07, 6.45) is 5.20. The predicted octanol–water partition coefficient (Wildman–Crippen LogP) is 4.59. The number of rotatable bonds is 5. The highest BCUT2D eigenvalue weighted by atomic mass is 19.1. The Hall–Kier alpha value is -4.27. The minimum Gasteiger partial charge on any atom is -0.491 e. The summed E-state index contributed by atoms with van der Waals surface area (Å²) in [6, 6.07) is 11.7. The van der Waals surface area contributed by atoms with Crippen LogP contribution in [-0.4, -0.2) is 38.7 Å². The standard InChI is InChI=1S/C25H20F2N4O3/c1-30-15-17(13-29-30)23-12-21(4-5-28-23)34-20-2-3-24-22(11-20)25(32)31(6-7-33-24)14-16-8-18(26)10-19(27)9-16/h2-5,8-13,15H,6-7,14H2,1H3. The predicted molar refractivity (Wildman–Crippen MR) is 120 cm³/mol. The average molecular weight is 462 g/mol. The van der Waals surface area contributed by atoms with Crippen molar-refractivity contribution in [3.05, 3.63) is 89.9 Å². The summed E-state index contributed by atoms with van der Waals surface area (Å²) in [5, 5.41) is 4.16. The van der Waals surface area contributed by atoms with Crippen molar-refractivity contribution in [1.82, 2.24) is 19.7 Å². The lowest BCUT2D eigenvalue weighted by atomic mass is 10.1. The van der Waals surface area contributed by atoms with Crippen LogP contribution in [-0.2, 0) is 13.6 Å². The second-order valence-corrected chi connectivity index (χ2v) is 7.89. The first-order chi connectivity index (χ1) is 16.4. The molecule has 0 saturated heterocycles. The van der Waals surface area contributed by atoms with Gasteiger partial charge in [0.1, 0.15) is 35.5 Å². The van der Waals surface area contributed by atoms with Crippen LogP contribution in [0.5, 0.6) is 17.2 Å². The van der Waals surface area contributed by atoms with Gasteiger partial charge in [0, 0.05) is 43.7 Å². The molecule has 0 unspecified atom stereocenters. The number of hydrogen-bond donors (Lipinski definition) is 0. The molecule has 1 aliphatic heterocycles. The molecule has 172 valence electrons. The molecule has 1 amide bonds. The molecule has 0 spiro atoms. The third kappa shape index (κ3) is 4.59. The van der Waals surface area contributed by atoms with Crippen molar-refractivity contribution in [2.45, 2.75) is 6.54 Å². The topological polar surface area (TPSA) is 69.5 Å². The van der Waals surface area contributed by atoms with Crippen molar-refractivity contribution in [3.8, 4) is 28.5 Å². The number of nitrogens with zero attached hydrogens (tertiary/aromatic N) is 4. The van der Waals surface area contributed by atoms with E-state index in [0.717, 1.165) is 11.6 Å². The van der Waals surface area contributed by atoms with Crippen LogP contribution in [0.25, 0.3) is 11.3 Å². The number of carbonyl (C=O) groups excluding carboxylic acids is 1. The molecule has 0 aliphatic carbocycles. The minimum atomic E-state index is -0.687. The highest BCUT2D eigenvalue weighted by Crippen LogP contribution is 2.31. The summed E-state index contributed by atoms with van der Waals surface area (Å²) in [7, 11) is 1.83. The van der Waals surface area contributed by atoms with E-state index in [2.05, 4.69) is 10.1 Å². The Morgan fingerprint density at radius 2 is 1.85 bits per heavy atom. The number of aromatic nitrogens is 3. The number of carbonyl (C=O) groups is 1. The van der Waals surface area contributed by atoms with Crippen molar-refractivity contribution >= 4 is 5.91 Å². The van der Waals surface area contributed by atoms with Gasteiger partial charge in [0.2, 0.25) is 0 Å². The first-order valence-electron chi connectivity index (χ1n) is 10.6. The molecule has 0 radical (unpaired) electrons. The monoisotopic (exact) mass is 462 g/mol. The van der Waals surface area contributed by atoms with Crippen LogP contribution in [0.4, 0.5) is 8.78 Å². The highest BCUT2D eigenvalue weighted by Gasteiger charge is 2.25. The fourth-order valence-corrected chi connectivity index (χ4v) is 3.80. The number of halogens is 2. The Kier molecular flexibility index (Phi) is 5.67. The molecule has 0 atom stereocenters. The molecule has 0 bridgehead atoms. The maximum absolute atomic E-state index is 13.6. The van der Waals surface area contributed by atoms with Crippen LogP contribution in [0.15, 0.2) is 67.1 Å². The largest absolute Gasteiger partial charge is 0.491 e. The van der Waals surface area contributed by atoms with E-state index in [9.17, 15) is 13.6 Å². The average Bonchev–Trinajstić information content (AvgIpc) is 3.18. The number of amides is 1. The first-order valence-corrected chi connectivity index (χ1v) is 10.6. The maximum Gasteiger partial charge on any atom is 0.258 e. The lowest BCUT2D eigenvalue weighted by Gasteiger charge is -2.20. The Morgan fingerprint density at radius 1 is 1.06 bits per heavy atom. The highest BCUT2D eigenvalue weighted by molar-refractivity contribution is 5.97. The van der Waals surface area contributed by atoms with Gasteiger partial charge in [-0.05, 0) is 42.0 Å². The molecule has 2 aromatic carbocycles. The molecule has 0 saturated carbocycles. The van der Waals surface area contributed by atoms with Crippen molar-refractivity contribution in [2.24, 2.45) is 7.05 Å². The summed E-state index contributed by atoms with van der Waals surface area (Å²) < 4.78 is 40.6. The summed E-state index contributed by atoms with van der Waals surface area (Å²) >= 11 is 0. The molecule has 7 nitrogen and oxygen atoms in total. The van der Waals surface area contributed by atoms with E-state index < -0.39 is 11.6 Å². The second-order valence-electron chi connectivity index (χ2n) is 7.89. The van der Waals surface area contributed by atoms with Gasteiger partial charge < -0.3 is 14.4 Å². The first kappa shape index (κ1) is 21.6. The molecule has 5 rings (SSSR count). The SMILES string of the molecule is Cn1cc(-c2cc(Oc3ccc4c(c3)C(=O)N(Cc3cc(F)cc(F)c3)CCO4)ccn2)cn1. The third-order valence-electron chi connectivity index (χ3n) is 5.35. The zero-order valence-electron chi connectivity index (χ0n) is 18.2. The molecular weight excluding hydrogens is 442 g/mol. The Labute approximate surface area is 194 Å². The van der Waals surface area contributed by atoms with Crippen molar-refractivity contribution in [1.29, 1.82) is 0 Å². The molecule has 1 aliphatic rings. The number of hydrogen-bond acceptors (Lipinski definition) is 5. The fraction of sp³-hybridized carbons (Fsp3) is 0.160. The van der Waals surface area contributed by atoms with Crippen LogP contribution < -0.4 is 9.47 Å². The smallest absolute Gasteiger partial charge is 0.258 e. The van der Waals surface area contributed by atoms with E-state index in [1.54, 1.807) is 47.4 Å². The van der Waals surface area contributed by atoms with Crippen LogP contribution in [0, 0.1) is 11.6 Å². The van der Waals surface area contributed by atoms with Crippen molar-refractivity contribution < 1.29 is 23.0 Å². The molecule has 0 N–H and O–H groups in total. The quantitative estimate of drug-likeness (QED) is 0.434. The number of benzene rings is 2. The van der Waals surface area contributed by atoms with Crippen molar-refractivity contribution in [2.75, 3.05) is 13.2 Å². The van der Waals surface area contributed by atoms with E-state index in [-0.39, 0.29) is 25.6 Å². The molecule has 3 heterocycles. The normalized spacial score (nSPS) is 13.3. The fourth-order valence-electron chi connectivity index (χ4n) is 3.80. The third-order valence-corrected chi connectivity index (χ3v) is 5.35. The van der Waals surface area contributed by atoms with Gasteiger partial charge in [0.25, 0.3) is 5.91 Å². The van der Waals surface area contributed by atoms with Gasteiger partial charge in [0.05, 0.1) is 24.0 Å². The Bertz CT molecular complexity index is 1350. The van der Waals surface area contributed by atoms with E-state index >= 15 is 0 Å². The molecular formula is C25H20F2N4O3. The van der Waals surface area contributed by atoms with Crippen LogP contribution in [0.3, 0.4) is 0 Å². The summed E-state index contributed by atoms with van der Waals surface area (Å²) in [5.74, 6) is -0.273. The van der Waals surface area contributed by atoms with Gasteiger partial charge >= 0.3 is 0 Å². The summed E-state index contributed by atoms with van der Waals surface area (Å²) in [4.78, 5) is 19.1. The molecule has 34 heavy (non-hydrogen) atoms. The number of ether oxygens (including phenoxy) is 2. The van der Waals surface area contributed by atoms with Crippen LogP contribution >= 0.6 is 0 Å². The number of aryl methyl sites for hydroxylation is 1. The van der Waals surface area contributed by atoms with Crippen molar-refractivity contribution in [3.63, 3.8) is 0 Å². The van der Waals surface area contributed by atoms with Gasteiger partial charge in [-0.15, -0.1) is 0 Å². The van der Waals surface area contributed by atoms with E-state index in [1.807, 2.05) is 13.2 Å². The van der Waals surface area contributed by atoms with Gasteiger partial charge in [-0.3, -0.25) is 14.5 Å². The molecule has 4 aromatic rings. The Balaban J connectivity index is 1.39. The van der Waals surface area contributed by atoms with E-state index in [1.165, 1.54) is 17.0 Å². The zero-order chi connectivity index (χ0) is 23.7. The molecule has 9 heteroatoms. The van der Waals surface area contributed by atoms with Gasteiger partial charge in [-0.1, -0.05) is 0 Å². The molecule has 2 aromatic heterocycles. The van der Waals surface area contributed by atoms with Crippen LogP contribution in [0.2, 0.25) is 0 Å². The second kappa shape index (κ2) is 8.93. The van der Waals surface area contributed by atoms with E-state index in [0.29, 0.717) is 34.1 Å². The lowest BCUT2D eigenvalue weighted by Crippen LogP contribution is -2.31. The maximum atomic E-state index is 13.6. The molecule has 0 fully saturated rings.